The van der Waals surface area contributed by atoms with Crippen molar-refractivity contribution in [1.29, 1.82) is 0 Å². The summed E-state index contributed by atoms with van der Waals surface area (Å²) in [7, 11) is -3.21. The molecule has 4 aliphatic carbocycles. The Kier molecular flexibility index (Phi) is 6.89. The fourth-order valence-corrected chi connectivity index (χ4v) is 10.2. The van der Waals surface area contributed by atoms with Gasteiger partial charge in [0, 0.05) is 6.26 Å². The van der Waals surface area contributed by atoms with Gasteiger partial charge in [0.2, 0.25) is 0 Å². The van der Waals surface area contributed by atoms with Gasteiger partial charge in [-0.05, 0) is 116 Å². The van der Waals surface area contributed by atoms with Crippen LogP contribution in [0.3, 0.4) is 0 Å². The highest BCUT2D eigenvalue weighted by atomic mass is 32.2. The Hall–Kier alpha value is -0.130. The van der Waals surface area contributed by atoms with E-state index < -0.39 is 21.2 Å². The Bertz CT molecular complexity index is 816. The lowest BCUT2D eigenvalue weighted by Crippen LogP contribution is -2.54. The van der Waals surface area contributed by atoms with Crippen LogP contribution in [0.2, 0.25) is 0 Å². The van der Waals surface area contributed by atoms with Gasteiger partial charge in [0.05, 0.1) is 17.5 Å². The van der Waals surface area contributed by atoms with Crippen LogP contribution in [0.5, 0.6) is 0 Å². The lowest BCUT2D eigenvalue weighted by molar-refractivity contribution is -0.127. The molecule has 0 saturated heterocycles. The zero-order chi connectivity index (χ0) is 24.4. The summed E-state index contributed by atoms with van der Waals surface area (Å²) >= 11 is 0. The topological polar surface area (TPSA) is 74.6 Å². The van der Waals surface area contributed by atoms with Crippen molar-refractivity contribution in [2.24, 2.45) is 45.8 Å². The Morgan fingerprint density at radius 1 is 0.939 bits per heavy atom. The summed E-state index contributed by atoms with van der Waals surface area (Å²) in [6.07, 6.45) is 12.3. The van der Waals surface area contributed by atoms with E-state index in [0.29, 0.717) is 36.0 Å². The largest absolute Gasteiger partial charge is 0.393 e. The highest BCUT2D eigenvalue weighted by molar-refractivity contribution is 7.91. The second-order valence-electron chi connectivity index (χ2n) is 14.2. The van der Waals surface area contributed by atoms with Gasteiger partial charge in [0.1, 0.15) is 9.84 Å². The molecule has 33 heavy (non-hydrogen) atoms. The van der Waals surface area contributed by atoms with Gasteiger partial charge in [-0.3, -0.25) is 0 Å². The van der Waals surface area contributed by atoms with E-state index in [1.807, 2.05) is 20.8 Å². The molecule has 4 aliphatic rings. The third-order valence-corrected chi connectivity index (χ3v) is 13.1. The molecule has 4 saturated carbocycles. The average molecular weight is 483 g/mol. The first kappa shape index (κ1) is 25.9. The van der Waals surface area contributed by atoms with Crippen molar-refractivity contribution >= 4 is 9.84 Å². The molecule has 0 spiro atoms. The van der Waals surface area contributed by atoms with E-state index in [0.717, 1.165) is 31.1 Å². The molecule has 10 unspecified atom stereocenters. The quantitative estimate of drug-likeness (QED) is 0.534. The first-order valence-corrected chi connectivity index (χ1v) is 15.7. The van der Waals surface area contributed by atoms with E-state index in [-0.39, 0.29) is 16.9 Å². The normalized spacial score (nSPS) is 45.6. The van der Waals surface area contributed by atoms with Gasteiger partial charge in [-0.15, -0.1) is 0 Å². The Morgan fingerprint density at radius 3 is 2.21 bits per heavy atom. The van der Waals surface area contributed by atoms with Gasteiger partial charge in [-0.1, -0.05) is 34.6 Å². The Morgan fingerprint density at radius 2 is 1.58 bits per heavy atom. The summed E-state index contributed by atoms with van der Waals surface area (Å²) in [5, 5.41) is 20.6. The van der Waals surface area contributed by atoms with Crippen molar-refractivity contribution in [2.45, 2.75) is 123 Å². The molecule has 0 aliphatic heterocycles. The van der Waals surface area contributed by atoms with Crippen LogP contribution >= 0.6 is 0 Å². The summed E-state index contributed by atoms with van der Waals surface area (Å²) in [6.45, 7) is 11.0. The van der Waals surface area contributed by atoms with Crippen molar-refractivity contribution in [3.8, 4) is 0 Å². The maximum atomic E-state index is 12.8. The Labute approximate surface area is 203 Å². The second-order valence-corrected chi connectivity index (χ2v) is 16.5. The molecule has 2 N–H and O–H groups in total. The van der Waals surface area contributed by atoms with E-state index in [4.69, 9.17) is 0 Å². The van der Waals surface area contributed by atoms with Crippen molar-refractivity contribution in [1.82, 2.24) is 0 Å². The number of hydrogen-bond acceptors (Lipinski definition) is 4. The predicted molar refractivity (Wildman–Crippen MR) is 135 cm³/mol. The molecule has 0 aromatic heterocycles. The average Bonchev–Trinajstić information content (AvgIpc) is 3.03. The third kappa shape index (κ3) is 4.69. The molecule has 4 nitrogen and oxygen atoms in total. The van der Waals surface area contributed by atoms with E-state index in [2.05, 4.69) is 13.8 Å². The van der Waals surface area contributed by atoms with E-state index >= 15 is 0 Å². The number of hydrogen-bond donors (Lipinski definition) is 2. The van der Waals surface area contributed by atoms with Crippen LogP contribution < -0.4 is 0 Å². The molecule has 0 heterocycles. The first-order chi connectivity index (χ1) is 15.2. The van der Waals surface area contributed by atoms with Crippen LogP contribution in [0.1, 0.15) is 105 Å². The molecular weight excluding hydrogens is 432 g/mol. The number of rotatable bonds is 5. The minimum absolute atomic E-state index is 0.0966. The monoisotopic (exact) mass is 482 g/mol. The maximum absolute atomic E-state index is 12.8. The molecule has 0 amide bonds. The summed E-state index contributed by atoms with van der Waals surface area (Å²) in [4.78, 5) is 0. The molecule has 5 heteroatoms. The molecule has 4 rings (SSSR count). The molecule has 0 bridgehead atoms. The number of aliphatic hydroxyl groups excluding tert-OH is 2. The zero-order valence-corrected chi connectivity index (χ0v) is 22.8. The molecule has 0 radical (unpaired) electrons. The third-order valence-electron chi connectivity index (χ3n) is 11.5. The lowest BCUT2D eigenvalue weighted by atomic mass is 9.44. The Balaban J connectivity index is 1.51. The lowest BCUT2D eigenvalue weighted by Gasteiger charge is -2.61. The minimum Gasteiger partial charge on any atom is -0.393 e. The second kappa shape index (κ2) is 8.76. The van der Waals surface area contributed by atoms with Gasteiger partial charge in [-0.25, -0.2) is 8.42 Å². The standard InChI is InChI=1S/C28H50O4S/c1-26(2,3)25(30)17-21(33(6,31)32)16-19-8-10-23-22-9-7-18-15-20(29)11-13-27(18,4)24(22)12-14-28(19,23)5/h18-25,29-30H,7-17H2,1-6H3. The van der Waals surface area contributed by atoms with Crippen LogP contribution in [0, 0.1) is 45.8 Å². The SMILES string of the molecule is CC(C)(C)C(O)CC(CC1CCC2C3CCC4CC(O)CCC4(C)C3CCC12C)S(C)(=O)=O. The van der Waals surface area contributed by atoms with Crippen LogP contribution in [0.4, 0.5) is 0 Å². The van der Waals surface area contributed by atoms with Gasteiger partial charge in [-0.2, -0.15) is 0 Å². The first-order valence-electron chi connectivity index (χ1n) is 13.7. The predicted octanol–water partition coefficient (Wildman–Crippen LogP) is 5.61. The van der Waals surface area contributed by atoms with Crippen molar-refractivity contribution in [3.63, 3.8) is 0 Å². The van der Waals surface area contributed by atoms with Gasteiger partial charge in [0.25, 0.3) is 0 Å². The fraction of sp³-hybridized carbons (Fsp3) is 1.00. The fourth-order valence-electron chi connectivity index (χ4n) is 9.10. The maximum Gasteiger partial charge on any atom is 0.150 e. The molecule has 0 aromatic carbocycles. The highest BCUT2D eigenvalue weighted by Gasteiger charge is 2.60. The van der Waals surface area contributed by atoms with Gasteiger partial charge in [0.15, 0.2) is 0 Å². The smallest absolute Gasteiger partial charge is 0.150 e. The van der Waals surface area contributed by atoms with Crippen LogP contribution in [0.15, 0.2) is 0 Å². The van der Waals surface area contributed by atoms with Gasteiger partial charge < -0.3 is 10.2 Å². The summed E-state index contributed by atoms with van der Waals surface area (Å²) in [5.74, 6) is 3.36. The molecule has 192 valence electrons. The summed E-state index contributed by atoms with van der Waals surface area (Å²) < 4.78 is 25.5. The molecule has 10 atom stereocenters. The van der Waals surface area contributed by atoms with Crippen LogP contribution in [0.25, 0.3) is 0 Å². The van der Waals surface area contributed by atoms with Crippen molar-refractivity contribution < 1.29 is 18.6 Å². The van der Waals surface area contributed by atoms with E-state index in [1.54, 1.807) is 0 Å². The molecule has 0 aromatic rings. The molecule has 4 fully saturated rings. The number of fused-ring (bicyclic) bond motifs is 5. The van der Waals surface area contributed by atoms with Crippen molar-refractivity contribution in [2.75, 3.05) is 6.26 Å². The van der Waals surface area contributed by atoms with Gasteiger partial charge >= 0.3 is 0 Å². The molecular formula is C28H50O4S. The number of aliphatic hydroxyl groups is 2. The van der Waals surface area contributed by atoms with Crippen LogP contribution in [-0.2, 0) is 9.84 Å². The summed E-state index contributed by atoms with van der Waals surface area (Å²) in [6, 6.07) is 0. The van der Waals surface area contributed by atoms with E-state index in [1.165, 1.54) is 44.8 Å². The number of sulfone groups is 1. The highest BCUT2D eigenvalue weighted by Crippen LogP contribution is 2.68. The van der Waals surface area contributed by atoms with Crippen LogP contribution in [-0.4, -0.2) is 42.3 Å². The van der Waals surface area contributed by atoms with Crippen molar-refractivity contribution in [3.05, 3.63) is 0 Å². The zero-order valence-electron chi connectivity index (χ0n) is 22.0. The minimum atomic E-state index is -3.21. The van der Waals surface area contributed by atoms with E-state index in [9.17, 15) is 18.6 Å². The summed E-state index contributed by atoms with van der Waals surface area (Å²) in [5.41, 5.74) is 0.312.